The van der Waals surface area contributed by atoms with Crippen molar-refractivity contribution in [3.05, 3.63) is 57.8 Å². The number of carbonyl (C=O) groups excluding carboxylic acids is 1. The summed E-state index contributed by atoms with van der Waals surface area (Å²) in [5.74, 6) is -0.101. The normalized spacial score (nSPS) is 13.5. The highest BCUT2D eigenvalue weighted by Gasteiger charge is 2.25. The molecule has 0 atom stereocenters. The van der Waals surface area contributed by atoms with Crippen molar-refractivity contribution in [1.82, 2.24) is 4.98 Å². The van der Waals surface area contributed by atoms with Crippen molar-refractivity contribution in [2.45, 2.75) is 6.42 Å². The molecule has 0 aliphatic carbocycles. The average molecular weight is 293 g/mol. The molecule has 1 aliphatic rings. The number of benzene rings is 1. The fraction of sp³-hybridized carbons (Fsp3) is 0.143. The van der Waals surface area contributed by atoms with Crippen LogP contribution in [0, 0.1) is 0 Å². The summed E-state index contributed by atoms with van der Waals surface area (Å²) in [4.78, 5) is 18.1. The molecule has 1 amide bonds. The Bertz CT molecular complexity index is 637. The van der Waals surface area contributed by atoms with Gasteiger partial charge in [0.2, 0.25) is 0 Å². The molecule has 0 unspecified atom stereocenters. The zero-order valence-electron chi connectivity index (χ0n) is 9.94. The van der Waals surface area contributed by atoms with Gasteiger partial charge < -0.3 is 4.90 Å². The van der Waals surface area contributed by atoms with E-state index in [-0.39, 0.29) is 16.2 Å². The maximum Gasteiger partial charge on any atom is 0.258 e. The van der Waals surface area contributed by atoms with Gasteiger partial charge in [-0.3, -0.25) is 4.79 Å². The van der Waals surface area contributed by atoms with Gasteiger partial charge in [0.1, 0.15) is 10.3 Å². The predicted octanol–water partition coefficient (Wildman–Crippen LogP) is 3.59. The van der Waals surface area contributed by atoms with E-state index in [9.17, 15) is 4.79 Å². The number of nitrogens with zero attached hydrogens (tertiary/aromatic N) is 2. The lowest BCUT2D eigenvalue weighted by Crippen LogP contribution is -2.28. The Balaban J connectivity index is 1.98. The zero-order valence-corrected chi connectivity index (χ0v) is 11.4. The van der Waals surface area contributed by atoms with Crippen molar-refractivity contribution in [1.29, 1.82) is 0 Å². The van der Waals surface area contributed by atoms with Crippen molar-refractivity contribution >= 4 is 34.8 Å². The van der Waals surface area contributed by atoms with Gasteiger partial charge >= 0.3 is 0 Å². The van der Waals surface area contributed by atoms with Crippen molar-refractivity contribution < 1.29 is 4.79 Å². The minimum Gasteiger partial charge on any atom is -0.308 e. The zero-order chi connectivity index (χ0) is 13.4. The number of carbonyl (C=O) groups is 1. The second kappa shape index (κ2) is 4.83. The largest absolute Gasteiger partial charge is 0.308 e. The molecule has 1 aliphatic heterocycles. The lowest BCUT2D eigenvalue weighted by Gasteiger charge is -2.17. The first-order chi connectivity index (χ1) is 9.15. The Hall–Kier alpha value is -1.58. The second-order valence-corrected chi connectivity index (χ2v) is 5.11. The fourth-order valence-electron chi connectivity index (χ4n) is 2.29. The van der Waals surface area contributed by atoms with Crippen LogP contribution in [0.1, 0.15) is 15.9 Å². The van der Waals surface area contributed by atoms with Crippen LogP contribution in [0.4, 0.5) is 5.69 Å². The van der Waals surface area contributed by atoms with E-state index in [2.05, 4.69) is 4.98 Å². The van der Waals surface area contributed by atoms with Gasteiger partial charge in [0, 0.05) is 17.8 Å². The van der Waals surface area contributed by atoms with Gasteiger partial charge in [0.15, 0.2) is 0 Å². The maximum atomic E-state index is 12.5. The summed E-state index contributed by atoms with van der Waals surface area (Å²) in [6, 6.07) is 11.0. The van der Waals surface area contributed by atoms with E-state index in [1.54, 1.807) is 4.90 Å². The number of aromatic nitrogens is 1. The summed E-state index contributed by atoms with van der Waals surface area (Å²) in [6.07, 6.45) is 0.870. The van der Waals surface area contributed by atoms with Crippen molar-refractivity contribution in [3.8, 4) is 0 Å². The summed E-state index contributed by atoms with van der Waals surface area (Å²) < 4.78 is 0. The van der Waals surface area contributed by atoms with Crippen LogP contribution in [-0.2, 0) is 6.42 Å². The quantitative estimate of drug-likeness (QED) is 0.753. The van der Waals surface area contributed by atoms with Crippen LogP contribution in [0.25, 0.3) is 0 Å². The molecular weight excluding hydrogens is 283 g/mol. The van der Waals surface area contributed by atoms with Gasteiger partial charge in [-0.25, -0.2) is 4.98 Å². The van der Waals surface area contributed by atoms with E-state index < -0.39 is 0 Å². The smallest absolute Gasteiger partial charge is 0.258 e. The third-order valence-corrected chi connectivity index (χ3v) is 3.53. The van der Waals surface area contributed by atoms with E-state index in [0.717, 1.165) is 12.1 Å². The molecule has 0 bridgehead atoms. The molecule has 2 aromatic rings. The topological polar surface area (TPSA) is 33.2 Å². The van der Waals surface area contributed by atoms with E-state index in [1.165, 1.54) is 17.7 Å². The highest BCUT2D eigenvalue weighted by Crippen LogP contribution is 2.29. The maximum absolute atomic E-state index is 12.5. The molecule has 96 valence electrons. The van der Waals surface area contributed by atoms with Crippen LogP contribution in [-0.4, -0.2) is 17.4 Å². The molecule has 3 nitrogen and oxygen atoms in total. The lowest BCUT2D eigenvalue weighted by atomic mass is 10.2. The molecule has 0 spiro atoms. The SMILES string of the molecule is O=C(c1cc(Cl)nc(Cl)c1)N1CCc2ccccc21. The van der Waals surface area contributed by atoms with Crippen molar-refractivity contribution in [2.24, 2.45) is 0 Å². The lowest BCUT2D eigenvalue weighted by molar-refractivity contribution is 0.0989. The molecule has 0 N–H and O–H groups in total. The Morgan fingerprint density at radius 2 is 1.84 bits per heavy atom. The third kappa shape index (κ3) is 2.31. The Morgan fingerprint density at radius 1 is 1.16 bits per heavy atom. The van der Waals surface area contributed by atoms with Crippen LogP contribution < -0.4 is 4.90 Å². The van der Waals surface area contributed by atoms with E-state index in [0.29, 0.717) is 12.1 Å². The minimum atomic E-state index is -0.101. The number of rotatable bonds is 1. The number of halogens is 2. The molecule has 1 aromatic heterocycles. The molecule has 1 aromatic carbocycles. The number of anilines is 1. The number of hydrogen-bond acceptors (Lipinski definition) is 2. The number of hydrogen-bond donors (Lipinski definition) is 0. The first kappa shape index (κ1) is 12.5. The fourth-order valence-corrected chi connectivity index (χ4v) is 2.75. The molecule has 5 heteroatoms. The minimum absolute atomic E-state index is 0.101. The van der Waals surface area contributed by atoms with Gasteiger partial charge in [-0.1, -0.05) is 41.4 Å². The van der Waals surface area contributed by atoms with Gasteiger partial charge in [-0.05, 0) is 30.2 Å². The summed E-state index contributed by atoms with van der Waals surface area (Å²) in [5, 5.41) is 0.451. The standard InChI is InChI=1S/C14H10Cl2N2O/c15-12-7-10(8-13(16)17-12)14(19)18-6-5-9-3-1-2-4-11(9)18/h1-4,7-8H,5-6H2. The van der Waals surface area contributed by atoms with Gasteiger partial charge in [0.25, 0.3) is 5.91 Å². The molecule has 0 fully saturated rings. The van der Waals surface area contributed by atoms with E-state index >= 15 is 0 Å². The van der Waals surface area contributed by atoms with Crippen LogP contribution in [0.3, 0.4) is 0 Å². The summed E-state index contributed by atoms with van der Waals surface area (Å²) in [5.41, 5.74) is 2.60. The summed E-state index contributed by atoms with van der Waals surface area (Å²) in [7, 11) is 0. The number of fused-ring (bicyclic) bond motifs is 1. The third-order valence-electron chi connectivity index (χ3n) is 3.14. The predicted molar refractivity (Wildman–Crippen MR) is 76.1 cm³/mol. The van der Waals surface area contributed by atoms with E-state index in [1.807, 2.05) is 24.3 Å². The van der Waals surface area contributed by atoms with Crippen LogP contribution in [0.5, 0.6) is 0 Å². The van der Waals surface area contributed by atoms with Crippen LogP contribution in [0.2, 0.25) is 10.3 Å². The van der Waals surface area contributed by atoms with Crippen LogP contribution in [0.15, 0.2) is 36.4 Å². The molecule has 0 saturated carbocycles. The number of amides is 1. The van der Waals surface area contributed by atoms with Crippen LogP contribution >= 0.6 is 23.2 Å². The number of pyridine rings is 1. The summed E-state index contributed by atoms with van der Waals surface area (Å²) in [6.45, 7) is 0.676. The molecular formula is C14H10Cl2N2O. The molecule has 0 saturated heterocycles. The Kier molecular flexibility index (Phi) is 3.17. The molecule has 0 radical (unpaired) electrons. The molecule has 2 heterocycles. The number of para-hydroxylation sites is 1. The highest BCUT2D eigenvalue weighted by atomic mass is 35.5. The highest BCUT2D eigenvalue weighted by molar-refractivity contribution is 6.33. The molecule has 3 rings (SSSR count). The van der Waals surface area contributed by atoms with Gasteiger partial charge in [-0.2, -0.15) is 0 Å². The monoisotopic (exact) mass is 292 g/mol. The van der Waals surface area contributed by atoms with Gasteiger partial charge in [-0.15, -0.1) is 0 Å². The molecule has 19 heavy (non-hydrogen) atoms. The van der Waals surface area contributed by atoms with Crippen molar-refractivity contribution in [3.63, 3.8) is 0 Å². The Morgan fingerprint density at radius 3 is 2.58 bits per heavy atom. The van der Waals surface area contributed by atoms with E-state index in [4.69, 9.17) is 23.2 Å². The summed E-state index contributed by atoms with van der Waals surface area (Å²) >= 11 is 11.7. The average Bonchev–Trinajstić information content (AvgIpc) is 2.80. The first-order valence-corrected chi connectivity index (χ1v) is 6.63. The van der Waals surface area contributed by atoms with Crippen molar-refractivity contribution in [2.75, 3.05) is 11.4 Å². The first-order valence-electron chi connectivity index (χ1n) is 5.88. The second-order valence-electron chi connectivity index (χ2n) is 4.34. The Labute approximate surface area is 120 Å². The van der Waals surface area contributed by atoms with Gasteiger partial charge in [0.05, 0.1) is 0 Å².